The number of hydroxylamine groups is 1. The summed E-state index contributed by atoms with van der Waals surface area (Å²) < 4.78 is 0. The first-order valence-corrected chi connectivity index (χ1v) is 9.17. The van der Waals surface area contributed by atoms with Gasteiger partial charge < -0.3 is 5.32 Å². The molecule has 0 heterocycles. The average Bonchev–Trinajstić information content (AvgIpc) is 2.63. The third-order valence-corrected chi connectivity index (χ3v) is 4.73. The number of benzene rings is 2. The minimum Gasteiger partial charge on any atom is -0.356 e. The predicted molar refractivity (Wildman–Crippen MR) is 106 cm³/mol. The zero-order chi connectivity index (χ0) is 20.0. The molecule has 0 aliphatic carbocycles. The molecule has 0 spiro atoms. The van der Waals surface area contributed by atoms with Gasteiger partial charge in [0.25, 0.3) is 5.91 Å². The fraction of sp³-hybridized carbons (Fsp3) is 0.364. The molecule has 144 valence electrons. The Kier molecular flexibility index (Phi) is 7.13. The van der Waals surface area contributed by atoms with E-state index in [1.807, 2.05) is 26.0 Å². The molecule has 2 aromatic carbocycles. The van der Waals surface area contributed by atoms with Crippen molar-refractivity contribution in [2.24, 2.45) is 5.92 Å². The molecule has 0 saturated carbocycles. The van der Waals surface area contributed by atoms with Crippen molar-refractivity contribution in [3.63, 3.8) is 0 Å². The molecule has 0 aliphatic heterocycles. The van der Waals surface area contributed by atoms with Crippen LogP contribution in [0.3, 0.4) is 0 Å². The van der Waals surface area contributed by atoms with Gasteiger partial charge in [-0.25, -0.2) is 5.48 Å². The van der Waals surface area contributed by atoms with Gasteiger partial charge in [0.05, 0.1) is 6.42 Å². The van der Waals surface area contributed by atoms with Crippen molar-refractivity contribution < 1.29 is 14.8 Å². The van der Waals surface area contributed by atoms with Crippen molar-refractivity contribution >= 4 is 11.8 Å². The molecule has 0 aliphatic rings. The molecule has 5 heteroatoms. The van der Waals surface area contributed by atoms with Crippen molar-refractivity contribution in [1.29, 1.82) is 0 Å². The summed E-state index contributed by atoms with van der Waals surface area (Å²) in [7, 11) is 0. The molecule has 27 heavy (non-hydrogen) atoms. The van der Waals surface area contributed by atoms with E-state index in [0.29, 0.717) is 18.5 Å². The van der Waals surface area contributed by atoms with Crippen LogP contribution in [0.4, 0.5) is 0 Å². The van der Waals surface area contributed by atoms with E-state index in [0.717, 1.165) is 28.7 Å². The fourth-order valence-corrected chi connectivity index (χ4v) is 3.33. The average molecular weight is 368 g/mol. The number of hydrogen-bond donors (Lipinski definition) is 3. The van der Waals surface area contributed by atoms with Crippen LogP contribution in [-0.4, -0.2) is 23.6 Å². The first-order valence-electron chi connectivity index (χ1n) is 9.17. The van der Waals surface area contributed by atoms with Gasteiger partial charge in [-0.3, -0.25) is 14.8 Å². The first-order chi connectivity index (χ1) is 12.8. The Morgan fingerprint density at radius 3 is 2.19 bits per heavy atom. The Hall–Kier alpha value is -2.66. The van der Waals surface area contributed by atoms with E-state index < -0.39 is 5.91 Å². The monoisotopic (exact) mass is 368 g/mol. The Bertz CT molecular complexity index is 790. The maximum absolute atomic E-state index is 12.3. The smallest absolute Gasteiger partial charge is 0.274 e. The molecule has 5 nitrogen and oxygen atoms in total. The summed E-state index contributed by atoms with van der Waals surface area (Å²) in [4.78, 5) is 23.7. The first kappa shape index (κ1) is 20.6. The van der Waals surface area contributed by atoms with Crippen LogP contribution in [0.2, 0.25) is 0 Å². The number of carbonyl (C=O) groups is 2. The minimum atomic E-state index is -0.524. The largest absolute Gasteiger partial charge is 0.356 e. The highest BCUT2D eigenvalue weighted by atomic mass is 16.5. The standard InChI is InChI=1S/C22H28N2O3/c1-14-9-16(3)20(17(4)10-14)12-21(25)23-13-15(2)11-18-5-7-19(8-6-18)22(26)24-27/h5-10,15,27H,11-13H2,1-4H3,(H,23,25)(H,24,26). The highest BCUT2D eigenvalue weighted by molar-refractivity contribution is 5.93. The van der Waals surface area contributed by atoms with Gasteiger partial charge in [-0.05, 0) is 67.5 Å². The lowest BCUT2D eigenvalue weighted by Gasteiger charge is -2.15. The van der Waals surface area contributed by atoms with Crippen molar-refractivity contribution in [2.45, 2.75) is 40.5 Å². The van der Waals surface area contributed by atoms with Crippen LogP contribution in [0.15, 0.2) is 36.4 Å². The van der Waals surface area contributed by atoms with Crippen LogP contribution in [0.1, 0.15) is 45.1 Å². The number of amides is 2. The van der Waals surface area contributed by atoms with Crippen molar-refractivity contribution in [3.05, 3.63) is 69.8 Å². The summed E-state index contributed by atoms with van der Waals surface area (Å²) in [6.45, 7) is 8.84. The highest BCUT2D eigenvalue weighted by Crippen LogP contribution is 2.17. The Morgan fingerprint density at radius 2 is 1.63 bits per heavy atom. The van der Waals surface area contributed by atoms with E-state index in [4.69, 9.17) is 5.21 Å². The van der Waals surface area contributed by atoms with Gasteiger partial charge >= 0.3 is 0 Å². The molecular weight excluding hydrogens is 340 g/mol. The van der Waals surface area contributed by atoms with Gasteiger partial charge in [0.1, 0.15) is 0 Å². The van der Waals surface area contributed by atoms with Gasteiger partial charge in [-0.1, -0.05) is 36.8 Å². The predicted octanol–water partition coefficient (Wildman–Crippen LogP) is 3.27. The van der Waals surface area contributed by atoms with Crippen LogP contribution in [-0.2, 0) is 17.6 Å². The second kappa shape index (κ2) is 9.33. The normalized spacial score (nSPS) is 11.7. The highest BCUT2D eigenvalue weighted by Gasteiger charge is 2.11. The summed E-state index contributed by atoms with van der Waals surface area (Å²) in [5.41, 5.74) is 7.73. The molecule has 0 saturated heterocycles. The summed E-state index contributed by atoms with van der Waals surface area (Å²) in [5.74, 6) is -0.220. The zero-order valence-corrected chi connectivity index (χ0v) is 16.4. The third-order valence-electron chi connectivity index (χ3n) is 4.73. The molecule has 1 atom stereocenters. The Balaban J connectivity index is 1.85. The van der Waals surface area contributed by atoms with E-state index in [9.17, 15) is 9.59 Å². The second-order valence-corrected chi connectivity index (χ2v) is 7.31. The second-order valence-electron chi connectivity index (χ2n) is 7.31. The van der Waals surface area contributed by atoms with Crippen LogP contribution < -0.4 is 10.8 Å². The quantitative estimate of drug-likeness (QED) is 0.518. The minimum absolute atomic E-state index is 0.0341. The molecule has 2 amide bonds. The number of nitrogens with one attached hydrogen (secondary N) is 2. The maximum atomic E-state index is 12.3. The van der Waals surface area contributed by atoms with Crippen molar-refractivity contribution in [2.75, 3.05) is 6.54 Å². The van der Waals surface area contributed by atoms with Crippen LogP contribution >= 0.6 is 0 Å². The molecule has 1 unspecified atom stereocenters. The van der Waals surface area contributed by atoms with Crippen molar-refractivity contribution in [3.8, 4) is 0 Å². The fourth-order valence-electron chi connectivity index (χ4n) is 3.33. The summed E-state index contributed by atoms with van der Waals surface area (Å²) in [5, 5.41) is 11.7. The lowest BCUT2D eigenvalue weighted by molar-refractivity contribution is -0.120. The molecule has 0 aromatic heterocycles. The lowest BCUT2D eigenvalue weighted by Crippen LogP contribution is -2.30. The molecule has 0 fully saturated rings. The van der Waals surface area contributed by atoms with Crippen molar-refractivity contribution in [1.82, 2.24) is 10.8 Å². The molecule has 0 radical (unpaired) electrons. The Labute approximate surface area is 160 Å². The molecule has 3 N–H and O–H groups in total. The van der Waals surface area contributed by atoms with E-state index in [2.05, 4.69) is 31.3 Å². The lowest BCUT2D eigenvalue weighted by atomic mass is 9.97. The van der Waals surface area contributed by atoms with Crippen LogP contribution in [0.5, 0.6) is 0 Å². The van der Waals surface area contributed by atoms with E-state index in [1.165, 1.54) is 5.56 Å². The number of carbonyl (C=O) groups excluding carboxylic acids is 2. The van der Waals surface area contributed by atoms with Crippen LogP contribution in [0, 0.1) is 26.7 Å². The number of aryl methyl sites for hydroxylation is 3. The van der Waals surface area contributed by atoms with Gasteiger partial charge in [-0.2, -0.15) is 0 Å². The maximum Gasteiger partial charge on any atom is 0.274 e. The molecule has 0 bridgehead atoms. The zero-order valence-electron chi connectivity index (χ0n) is 16.4. The topological polar surface area (TPSA) is 78.4 Å². The summed E-state index contributed by atoms with van der Waals surface area (Å²) in [6, 6.07) is 11.3. The van der Waals surface area contributed by atoms with E-state index >= 15 is 0 Å². The SMILES string of the molecule is Cc1cc(C)c(CC(=O)NCC(C)Cc2ccc(C(=O)NO)cc2)c(C)c1. The third kappa shape index (κ3) is 5.93. The number of hydrogen-bond acceptors (Lipinski definition) is 3. The molecular formula is C22H28N2O3. The van der Waals surface area contributed by atoms with E-state index in [-0.39, 0.29) is 11.8 Å². The summed E-state index contributed by atoms with van der Waals surface area (Å²) >= 11 is 0. The van der Waals surface area contributed by atoms with Gasteiger partial charge in [-0.15, -0.1) is 0 Å². The van der Waals surface area contributed by atoms with Crippen LogP contribution in [0.25, 0.3) is 0 Å². The summed E-state index contributed by atoms with van der Waals surface area (Å²) in [6.07, 6.45) is 1.19. The molecule has 2 aromatic rings. The Morgan fingerprint density at radius 1 is 1.04 bits per heavy atom. The number of rotatable bonds is 7. The van der Waals surface area contributed by atoms with Gasteiger partial charge in [0, 0.05) is 12.1 Å². The van der Waals surface area contributed by atoms with Gasteiger partial charge in [0.2, 0.25) is 5.91 Å². The van der Waals surface area contributed by atoms with Gasteiger partial charge in [0.15, 0.2) is 0 Å². The van der Waals surface area contributed by atoms with E-state index in [1.54, 1.807) is 17.6 Å². The molecule has 2 rings (SSSR count).